The minimum Gasteiger partial charge on any atom is -0.459 e. The van der Waals surface area contributed by atoms with Crippen LogP contribution in [-0.2, 0) is 29.3 Å². The van der Waals surface area contributed by atoms with Gasteiger partial charge in [-0.3, -0.25) is 4.99 Å². The van der Waals surface area contributed by atoms with Gasteiger partial charge in [0.2, 0.25) is 10.0 Å². The Hall–Kier alpha value is -3.40. The minimum absolute atomic E-state index is 0.0722. The summed E-state index contributed by atoms with van der Waals surface area (Å²) in [7, 11) is -3.90. The average Bonchev–Trinajstić information content (AvgIpc) is 3.30. The van der Waals surface area contributed by atoms with Gasteiger partial charge in [0, 0.05) is 11.6 Å². The fourth-order valence-corrected chi connectivity index (χ4v) is 4.91. The molecule has 0 atom stereocenters. The first-order chi connectivity index (χ1) is 17.1. The van der Waals surface area contributed by atoms with Gasteiger partial charge < -0.3 is 4.42 Å². The highest BCUT2D eigenvalue weighted by atomic mass is 35.5. The fourth-order valence-electron chi connectivity index (χ4n) is 3.39. The molecule has 1 aromatic heterocycles. The number of hydrogen-bond donors (Lipinski definition) is 0. The van der Waals surface area contributed by atoms with Gasteiger partial charge >= 0.3 is 6.18 Å². The second kappa shape index (κ2) is 10.7. The van der Waals surface area contributed by atoms with Crippen LogP contribution in [-0.4, -0.2) is 18.9 Å². The van der Waals surface area contributed by atoms with Gasteiger partial charge in [0.25, 0.3) is 0 Å². The van der Waals surface area contributed by atoms with Gasteiger partial charge in [-0.25, -0.2) is 8.42 Å². The van der Waals surface area contributed by atoms with E-state index in [0.717, 1.165) is 17.7 Å². The molecular weight excluding hydrogens is 513 g/mol. The van der Waals surface area contributed by atoms with Gasteiger partial charge in [0.15, 0.2) is 0 Å². The molecule has 0 aliphatic heterocycles. The summed E-state index contributed by atoms with van der Waals surface area (Å²) < 4.78 is 72.6. The summed E-state index contributed by atoms with van der Waals surface area (Å²) in [5.74, 6) is 0.611. The molecule has 0 spiro atoms. The van der Waals surface area contributed by atoms with Crippen LogP contribution in [0.5, 0.6) is 0 Å². The number of benzene rings is 3. The Kier molecular flexibility index (Phi) is 7.63. The van der Waals surface area contributed by atoms with E-state index >= 15 is 0 Å². The summed E-state index contributed by atoms with van der Waals surface area (Å²) in [4.78, 5) is 4.14. The van der Waals surface area contributed by atoms with Crippen LogP contribution >= 0.6 is 11.6 Å². The molecule has 0 saturated carbocycles. The maximum Gasteiger partial charge on any atom is 0.416 e. The summed E-state index contributed by atoms with van der Waals surface area (Å²) in [5.41, 5.74) is 0.0907. The van der Waals surface area contributed by atoms with E-state index in [2.05, 4.69) is 4.99 Å². The second-order valence-corrected chi connectivity index (χ2v) is 10.2. The van der Waals surface area contributed by atoms with Crippen molar-refractivity contribution in [2.75, 3.05) is 0 Å². The van der Waals surface area contributed by atoms with E-state index in [1.54, 1.807) is 12.1 Å². The van der Waals surface area contributed by atoms with Crippen molar-refractivity contribution < 1.29 is 26.0 Å². The summed E-state index contributed by atoms with van der Waals surface area (Å²) >= 11 is 5.92. The van der Waals surface area contributed by atoms with Crippen molar-refractivity contribution in [1.29, 1.82) is 0 Å². The van der Waals surface area contributed by atoms with E-state index in [4.69, 9.17) is 16.0 Å². The lowest BCUT2D eigenvalue weighted by atomic mass is 10.2. The zero-order valence-corrected chi connectivity index (χ0v) is 20.3. The molecule has 0 fully saturated rings. The van der Waals surface area contributed by atoms with Crippen LogP contribution in [0, 0.1) is 0 Å². The average molecular weight is 533 g/mol. The third-order valence-electron chi connectivity index (χ3n) is 5.18. The minimum atomic E-state index is -4.47. The van der Waals surface area contributed by atoms with Gasteiger partial charge in [0.1, 0.15) is 11.5 Å². The first-order valence-electron chi connectivity index (χ1n) is 10.7. The highest BCUT2D eigenvalue weighted by Crippen LogP contribution is 2.31. The number of sulfonamides is 1. The number of furan rings is 1. The van der Waals surface area contributed by atoms with E-state index < -0.39 is 21.8 Å². The molecule has 0 bridgehead atoms. The van der Waals surface area contributed by atoms with Crippen LogP contribution < -0.4 is 0 Å². The van der Waals surface area contributed by atoms with E-state index in [1.165, 1.54) is 46.9 Å². The van der Waals surface area contributed by atoms with Gasteiger partial charge in [0.05, 0.1) is 28.9 Å². The zero-order valence-electron chi connectivity index (χ0n) is 18.7. The maximum absolute atomic E-state index is 13.4. The molecule has 1 heterocycles. The van der Waals surface area contributed by atoms with Crippen LogP contribution in [0.2, 0.25) is 5.02 Å². The quantitative estimate of drug-likeness (QED) is 0.227. The van der Waals surface area contributed by atoms with Crippen LogP contribution in [0.3, 0.4) is 0 Å². The van der Waals surface area contributed by atoms with Crippen LogP contribution in [0.1, 0.15) is 22.6 Å². The number of aliphatic imine (C=N–C) groups is 1. The van der Waals surface area contributed by atoms with Crippen molar-refractivity contribution in [3.63, 3.8) is 0 Å². The van der Waals surface area contributed by atoms with E-state index in [-0.39, 0.29) is 29.4 Å². The zero-order chi connectivity index (χ0) is 25.8. The molecule has 4 rings (SSSR count). The van der Waals surface area contributed by atoms with Crippen molar-refractivity contribution in [1.82, 2.24) is 4.31 Å². The fraction of sp³-hybridized carbons (Fsp3) is 0.115. The van der Waals surface area contributed by atoms with E-state index in [0.29, 0.717) is 10.8 Å². The lowest BCUT2D eigenvalue weighted by Gasteiger charge is -2.21. The molecule has 0 unspecified atom stereocenters. The summed E-state index contributed by atoms with van der Waals surface area (Å²) in [6, 6.07) is 22.8. The Morgan fingerprint density at radius 2 is 1.61 bits per heavy atom. The molecule has 4 aromatic rings. The molecule has 5 nitrogen and oxygen atoms in total. The van der Waals surface area contributed by atoms with Crippen molar-refractivity contribution in [3.8, 4) is 0 Å². The number of alkyl halides is 3. The number of nitrogens with zero attached hydrogens (tertiary/aromatic N) is 2. The van der Waals surface area contributed by atoms with Gasteiger partial charge in [-0.1, -0.05) is 48.0 Å². The molecule has 0 aliphatic rings. The Labute approximate surface area is 211 Å². The lowest BCUT2D eigenvalue weighted by Crippen LogP contribution is -2.30. The Morgan fingerprint density at radius 1 is 0.889 bits per heavy atom. The predicted molar refractivity (Wildman–Crippen MR) is 132 cm³/mol. The monoisotopic (exact) mass is 532 g/mol. The second-order valence-electron chi connectivity index (χ2n) is 7.82. The third-order valence-corrected chi connectivity index (χ3v) is 7.24. The Balaban J connectivity index is 1.57. The molecule has 186 valence electrons. The van der Waals surface area contributed by atoms with Gasteiger partial charge in [-0.05, 0) is 60.2 Å². The van der Waals surface area contributed by atoms with E-state index in [1.807, 2.05) is 30.3 Å². The Morgan fingerprint density at radius 3 is 2.31 bits per heavy atom. The first kappa shape index (κ1) is 25.7. The summed E-state index contributed by atoms with van der Waals surface area (Å²) in [6.45, 7) is 0.0252. The lowest BCUT2D eigenvalue weighted by molar-refractivity contribution is -0.137. The molecule has 10 heteroatoms. The van der Waals surface area contributed by atoms with Crippen molar-refractivity contribution in [3.05, 3.63) is 119 Å². The van der Waals surface area contributed by atoms with Crippen molar-refractivity contribution >= 4 is 33.5 Å². The van der Waals surface area contributed by atoms with Crippen LogP contribution in [0.25, 0.3) is 0 Å². The summed E-state index contributed by atoms with van der Waals surface area (Å²) in [5, 5.41) is 0.416. The van der Waals surface area contributed by atoms with E-state index in [9.17, 15) is 21.6 Å². The Bertz CT molecular complexity index is 1450. The normalized spacial score (nSPS) is 12.5. The van der Waals surface area contributed by atoms with Gasteiger partial charge in [-0.2, -0.15) is 17.5 Å². The largest absolute Gasteiger partial charge is 0.459 e. The maximum atomic E-state index is 13.4. The highest BCUT2D eigenvalue weighted by Gasteiger charge is 2.30. The molecule has 0 amide bonds. The molecular formula is C26H20ClF3N2O3S. The number of hydrogen-bond acceptors (Lipinski definition) is 4. The SMILES string of the molecule is O=S(=O)(c1ccc(Cl)cc1)N(Cc1ccccc1)Cc1ccc(C=Nc2cccc(C(F)(F)F)c2)o1. The predicted octanol–water partition coefficient (Wildman–Crippen LogP) is 7.09. The van der Waals surface area contributed by atoms with Gasteiger partial charge in [-0.15, -0.1) is 0 Å². The van der Waals surface area contributed by atoms with Crippen LogP contribution in [0.15, 0.2) is 105 Å². The summed E-state index contributed by atoms with van der Waals surface area (Å²) in [6.07, 6.45) is -3.19. The van der Waals surface area contributed by atoms with Crippen LogP contribution in [0.4, 0.5) is 18.9 Å². The number of halogens is 4. The van der Waals surface area contributed by atoms with Crippen molar-refractivity contribution in [2.24, 2.45) is 4.99 Å². The third kappa shape index (κ3) is 6.42. The molecule has 36 heavy (non-hydrogen) atoms. The molecule has 0 N–H and O–H groups in total. The first-order valence-corrected chi connectivity index (χ1v) is 12.5. The number of rotatable bonds is 8. The molecule has 0 radical (unpaired) electrons. The molecule has 3 aromatic carbocycles. The molecule has 0 aliphatic carbocycles. The molecule has 0 saturated heterocycles. The topological polar surface area (TPSA) is 62.9 Å². The van der Waals surface area contributed by atoms with Crippen molar-refractivity contribution in [2.45, 2.75) is 24.2 Å². The standard InChI is InChI=1S/C26H20ClF3N2O3S/c27-21-9-13-25(14-10-21)36(33,34)32(17-19-5-2-1-3-6-19)18-24-12-11-23(35-24)16-31-22-8-4-7-20(15-22)26(28,29)30/h1-16H,17-18H2. The highest BCUT2D eigenvalue weighted by molar-refractivity contribution is 7.89. The smallest absolute Gasteiger partial charge is 0.416 e.